The van der Waals surface area contributed by atoms with Crippen LogP contribution < -0.4 is 14.8 Å². The summed E-state index contributed by atoms with van der Waals surface area (Å²) in [5.41, 5.74) is 0.363. The fraction of sp³-hybridized carbons (Fsp3) is 0.308. The highest BCUT2D eigenvalue weighted by atomic mass is 35.5. The van der Waals surface area contributed by atoms with Crippen molar-refractivity contribution in [2.75, 3.05) is 20.8 Å². The summed E-state index contributed by atoms with van der Waals surface area (Å²) in [7, 11) is 2.90. The number of methoxy groups -OCH3 is 2. The normalized spacial score (nSPS) is 11.5. The lowest BCUT2D eigenvalue weighted by Crippen LogP contribution is -2.29. The molecule has 1 aromatic carbocycles. The number of hydrogen-bond acceptors (Lipinski definition) is 4. The first kappa shape index (κ1) is 15.2. The Kier molecular flexibility index (Phi) is 5.49. The number of rotatable bonds is 6. The average molecular weight is 284 g/mol. The standard InChI is InChI=1S/C13H14ClNO4/c1-4-7-15-11(13(16)17)8-5-6-9(18-2)12(19-3)10(8)14/h1,5-6,11,15H,7H2,2-3H3,(H,16,17). The summed E-state index contributed by atoms with van der Waals surface area (Å²) in [4.78, 5) is 11.3. The van der Waals surface area contributed by atoms with Crippen LogP contribution in [0.25, 0.3) is 0 Å². The van der Waals surface area contributed by atoms with Gasteiger partial charge in [-0.25, -0.2) is 0 Å². The fourth-order valence-corrected chi connectivity index (χ4v) is 1.96. The second-order valence-electron chi connectivity index (χ2n) is 3.56. The van der Waals surface area contributed by atoms with Crippen molar-refractivity contribution in [2.24, 2.45) is 0 Å². The number of halogens is 1. The van der Waals surface area contributed by atoms with Crippen molar-refractivity contribution in [3.8, 4) is 23.8 Å². The Hall–Kier alpha value is -1.90. The Balaban J connectivity index is 3.25. The minimum Gasteiger partial charge on any atom is -0.493 e. The predicted molar refractivity (Wildman–Crippen MR) is 71.8 cm³/mol. The van der Waals surface area contributed by atoms with Gasteiger partial charge in [0.2, 0.25) is 0 Å². The van der Waals surface area contributed by atoms with E-state index in [1.807, 2.05) is 0 Å². The quantitative estimate of drug-likeness (QED) is 0.778. The molecule has 0 aliphatic heterocycles. The number of carbonyl (C=O) groups is 1. The molecule has 102 valence electrons. The Morgan fingerprint density at radius 3 is 2.68 bits per heavy atom. The molecule has 0 aromatic heterocycles. The van der Waals surface area contributed by atoms with Crippen LogP contribution in [0.5, 0.6) is 11.5 Å². The summed E-state index contributed by atoms with van der Waals surface area (Å²) in [5.74, 6) is 1.96. The molecule has 1 aromatic rings. The summed E-state index contributed by atoms with van der Waals surface area (Å²) in [6, 6.07) is 2.14. The molecule has 1 rings (SSSR count). The molecule has 0 radical (unpaired) electrons. The van der Waals surface area contributed by atoms with Crippen LogP contribution in [0, 0.1) is 12.3 Å². The van der Waals surface area contributed by atoms with Gasteiger partial charge in [0.15, 0.2) is 11.5 Å². The van der Waals surface area contributed by atoms with E-state index in [1.54, 1.807) is 12.1 Å². The number of aliphatic carboxylic acids is 1. The molecule has 0 amide bonds. The van der Waals surface area contributed by atoms with Gasteiger partial charge in [-0.15, -0.1) is 6.42 Å². The van der Waals surface area contributed by atoms with E-state index >= 15 is 0 Å². The largest absolute Gasteiger partial charge is 0.493 e. The van der Waals surface area contributed by atoms with Crippen LogP contribution in [0.15, 0.2) is 12.1 Å². The van der Waals surface area contributed by atoms with E-state index in [4.69, 9.17) is 27.5 Å². The van der Waals surface area contributed by atoms with E-state index in [0.717, 1.165) is 0 Å². The minimum absolute atomic E-state index is 0.113. The zero-order valence-electron chi connectivity index (χ0n) is 10.6. The third-order valence-corrected chi connectivity index (χ3v) is 2.87. The van der Waals surface area contributed by atoms with Crippen LogP contribution in [-0.4, -0.2) is 31.8 Å². The highest BCUT2D eigenvalue weighted by Gasteiger charge is 2.24. The van der Waals surface area contributed by atoms with E-state index < -0.39 is 12.0 Å². The molecule has 0 heterocycles. The van der Waals surface area contributed by atoms with Crippen molar-refractivity contribution in [1.29, 1.82) is 0 Å². The number of carboxylic acids is 1. The Labute approximate surface area is 116 Å². The predicted octanol–water partition coefficient (Wildman–Crippen LogP) is 1.71. The first-order valence-electron chi connectivity index (χ1n) is 5.36. The van der Waals surface area contributed by atoms with Gasteiger partial charge in [0, 0.05) is 5.56 Å². The molecule has 2 N–H and O–H groups in total. The lowest BCUT2D eigenvalue weighted by molar-refractivity contribution is -0.139. The highest BCUT2D eigenvalue weighted by Crippen LogP contribution is 2.39. The van der Waals surface area contributed by atoms with E-state index in [2.05, 4.69) is 11.2 Å². The molecule has 0 aliphatic carbocycles. The Morgan fingerprint density at radius 1 is 1.53 bits per heavy atom. The van der Waals surface area contributed by atoms with E-state index in [9.17, 15) is 9.90 Å². The van der Waals surface area contributed by atoms with Gasteiger partial charge >= 0.3 is 5.97 Å². The first-order chi connectivity index (χ1) is 9.06. The molecule has 0 spiro atoms. The number of nitrogens with one attached hydrogen (secondary N) is 1. The number of ether oxygens (including phenoxy) is 2. The second-order valence-corrected chi connectivity index (χ2v) is 3.94. The highest BCUT2D eigenvalue weighted by molar-refractivity contribution is 6.33. The number of carboxylic acid groups (broad SMARTS) is 1. The third kappa shape index (κ3) is 3.31. The molecule has 1 unspecified atom stereocenters. The van der Waals surface area contributed by atoms with Crippen molar-refractivity contribution in [3.63, 3.8) is 0 Å². The molecule has 5 nitrogen and oxygen atoms in total. The van der Waals surface area contributed by atoms with Gasteiger partial charge in [-0.3, -0.25) is 10.1 Å². The van der Waals surface area contributed by atoms with Gasteiger partial charge in [0.25, 0.3) is 0 Å². The maximum Gasteiger partial charge on any atom is 0.325 e. The maximum atomic E-state index is 11.3. The van der Waals surface area contributed by atoms with Crippen LogP contribution >= 0.6 is 11.6 Å². The van der Waals surface area contributed by atoms with Crippen molar-refractivity contribution in [1.82, 2.24) is 5.32 Å². The van der Waals surface area contributed by atoms with Crippen molar-refractivity contribution < 1.29 is 19.4 Å². The summed E-state index contributed by atoms with van der Waals surface area (Å²) < 4.78 is 10.2. The average Bonchev–Trinajstić information content (AvgIpc) is 2.39. The smallest absolute Gasteiger partial charge is 0.325 e. The molecule has 0 saturated carbocycles. The third-order valence-electron chi connectivity index (χ3n) is 2.48. The van der Waals surface area contributed by atoms with E-state index in [-0.39, 0.29) is 17.3 Å². The van der Waals surface area contributed by atoms with Gasteiger partial charge in [-0.05, 0) is 6.07 Å². The molecule has 19 heavy (non-hydrogen) atoms. The van der Waals surface area contributed by atoms with Crippen LogP contribution in [0.4, 0.5) is 0 Å². The first-order valence-corrected chi connectivity index (χ1v) is 5.74. The SMILES string of the molecule is C#CCNC(C(=O)O)c1ccc(OC)c(OC)c1Cl. The lowest BCUT2D eigenvalue weighted by atomic mass is 10.1. The van der Waals surface area contributed by atoms with Crippen molar-refractivity contribution in [3.05, 3.63) is 22.7 Å². The zero-order valence-corrected chi connectivity index (χ0v) is 11.3. The maximum absolute atomic E-state index is 11.3. The minimum atomic E-state index is -1.08. The number of benzene rings is 1. The molecule has 0 bridgehead atoms. The fourth-order valence-electron chi connectivity index (χ4n) is 1.62. The van der Waals surface area contributed by atoms with Crippen LogP contribution in [0.3, 0.4) is 0 Å². The summed E-state index contributed by atoms with van der Waals surface area (Å²) in [5, 5.41) is 12.1. The molecule has 6 heteroatoms. The zero-order chi connectivity index (χ0) is 14.4. The molecular formula is C13H14ClNO4. The molecule has 0 aliphatic rings. The van der Waals surface area contributed by atoms with Gasteiger partial charge in [-0.1, -0.05) is 23.6 Å². The monoisotopic (exact) mass is 283 g/mol. The van der Waals surface area contributed by atoms with Gasteiger partial charge in [-0.2, -0.15) is 0 Å². The molecule has 0 saturated heterocycles. The van der Waals surface area contributed by atoms with E-state index in [0.29, 0.717) is 11.3 Å². The Morgan fingerprint density at radius 2 is 2.21 bits per heavy atom. The summed E-state index contributed by atoms with van der Waals surface area (Å²) >= 11 is 6.15. The van der Waals surface area contributed by atoms with Crippen molar-refractivity contribution >= 4 is 17.6 Å². The Bertz CT molecular complexity index is 510. The summed E-state index contributed by atoms with van der Waals surface area (Å²) in [6.07, 6.45) is 5.11. The van der Waals surface area contributed by atoms with E-state index in [1.165, 1.54) is 14.2 Å². The van der Waals surface area contributed by atoms with Crippen LogP contribution in [0.2, 0.25) is 5.02 Å². The van der Waals surface area contributed by atoms with Crippen LogP contribution in [-0.2, 0) is 4.79 Å². The second kappa shape index (κ2) is 6.88. The summed E-state index contributed by atoms with van der Waals surface area (Å²) in [6.45, 7) is 0.113. The topological polar surface area (TPSA) is 67.8 Å². The lowest BCUT2D eigenvalue weighted by Gasteiger charge is -2.18. The van der Waals surface area contributed by atoms with Gasteiger partial charge in [0.1, 0.15) is 6.04 Å². The molecule has 0 fully saturated rings. The van der Waals surface area contributed by atoms with Crippen molar-refractivity contribution in [2.45, 2.75) is 6.04 Å². The van der Waals surface area contributed by atoms with Crippen LogP contribution in [0.1, 0.15) is 11.6 Å². The number of hydrogen-bond donors (Lipinski definition) is 2. The van der Waals surface area contributed by atoms with Gasteiger partial charge < -0.3 is 14.6 Å². The number of terminal acetylenes is 1. The van der Waals surface area contributed by atoms with Gasteiger partial charge in [0.05, 0.1) is 25.8 Å². The molecular weight excluding hydrogens is 270 g/mol. The molecule has 1 atom stereocenters.